The second-order valence-corrected chi connectivity index (χ2v) is 3.89. The van der Waals surface area contributed by atoms with Crippen LogP contribution in [0.4, 0.5) is 0 Å². The topological polar surface area (TPSA) is 66.0 Å². The molecule has 0 bridgehead atoms. The van der Waals surface area contributed by atoms with Gasteiger partial charge >= 0.3 is 5.97 Å². The summed E-state index contributed by atoms with van der Waals surface area (Å²) in [5.74, 6) is -0.978. The van der Waals surface area contributed by atoms with Crippen molar-refractivity contribution in [3.8, 4) is 11.1 Å². The fraction of sp³-hybridized carbons (Fsp3) is 0.167. The van der Waals surface area contributed by atoms with Crippen molar-refractivity contribution < 1.29 is 9.90 Å². The Morgan fingerprint density at radius 3 is 2.94 bits per heavy atom. The van der Waals surface area contributed by atoms with Gasteiger partial charge < -0.3 is 5.11 Å². The van der Waals surface area contributed by atoms with Gasteiger partial charge in [0, 0.05) is 11.3 Å². The van der Waals surface area contributed by atoms with Crippen molar-refractivity contribution >= 4 is 5.97 Å². The molecule has 1 aromatic heterocycles. The number of H-pyrrole nitrogens is 1. The number of carboxylic acid groups (broad SMARTS) is 1. The van der Waals surface area contributed by atoms with Gasteiger partial charge in [0.2, 0.25) is 0 Å². The summed E-state index contributed by atoms with van der Waals surface area (Å²) in [5, 5.41) is 15.8. The number of rotatable bonds is 1. The number of fused-ring (bicyclic) bond motifs is 3. The molecule has 0 saturated carbocycles. The molecule has 2 aromatic rings. The van der Waals surface area contributed by atoms with E-state index in [2.05, 4.69) is 10.2 Å². The van der Waals surface area contributed by atoms with Gasteiger partial charge in [0.1, 0.15) is 0 Å². The molecule has 0 saturated heterocycles. The molecule has 1 heterocycles. The number of aromatic amines is 1. The minimum Gasteiger partial charge on any atom is -0.476 e. The van der Waals surface area contributed by atoms with Crippen LogP contribution in [0.5, 0.6) is 0 Å². The first-order valence-electron chi connectivity index (χ1n) is 5.16. The van der Waals surface area contributed by atoms with E-state index in [9.17, 15) is 4.79 Å². The standard InChI is InChI=1S/C12H10N2O2/c15-12(16)11-10-8-4-2-1-3-7(8)5-6-9(10)13-14-11/h1-4H,5-6H2,(H,13,14)(H,15,16). The number of carbonyl (C=O) groups is 1. The minimum atomic E-state index is -0.978. The molecule has 4 heteroatoms. The van der Waals surface area contributed by atoms with Crippen molar-refractivity contribution in [2.24, 2.45) is 0 Å². The summed E-state index contributed by atoms with van der Waals surface area (Å²) < 4.78 is 0. The molecule has 16 heavy (non-hydrogen) atoms. The highest BCUT2D eigenvalue weighted by Gasteiger charge is 2.24. The van der Waals surface area contributed by atoms with Crippen LogP contribution in [0.2, 0.25) is 0 Å². The first-order valence-corrected chi connectivity index (χ1v) is 5.16. The summed E-state index contributed by atoms with van der Waals surface area (Å²) in [7, 11) is 0. The molecule has 4 nitrogen and oxygen atoms in total. The lowest BCUT2D eigenvalue weighted by Gasteiger charge is -2.15. The fourth-order valence-corrected chi connectivity index (χ4v) is 2.25. The van der Waals surface area contributed by atoms with Crippen LogP contribution in [-0.2, 0) is 12.8 Å². The molecule has 0 atom stereocenters. The third kappa shape index (κ3) is 1.16. The summed E-state index contributed by atoms with van der Waals surface area (Å²) in [6.45, 7) is 0. The molecule has 0 unspecified atom stereocenters. The second-order valence-electron chi connectivity index (χ2n) is 3.89. The predicted octanol–water partition coefficient (Wildman–Crippen LogP) is 1.87. The number of benzene rings is 1. The average Bonchev–Trinajstić information content (AvgIpc) is 2.73. The summed E-state index contributed by atoms with van der Waals surface area (Å²) in [5.41, 5.74) is 4.00. The van der Waals surface area contributed by atoms with Gasteiger partial charge in [-0.05, 0) is 24.0 Å². The van der Waals surface area contributed by atoms with Crippen LogP contribution >= 0.6 is 0 Å². The molecule has 3 rings (SSSR count). The number of carboxylic acids is 1. The van der Waals surface area contributed by atoms with Crippen molar-refractivity contribution in [2.45, 2.75) is 12.8 Å². The number of hydrogen-bond acceptors (Lipinski definition) is 2. The summed E-state index contributed by atoms with van der Waals surface area (Å²) in [6.07, 6.45) is 1.76. The van der Waals surface area contributed by atoms with Gasteiger partial charge in [0.05, 0.1) is 0 Å². The van der Waals surface area contributed by atoms with Crippen molar-refractivity contribution in [3.05, 3.63) is 41.2 Å². The maximum atomic E-state index is 11.1. The Morgan fingerprint density at radius 2 is 2.12 bits per heavy atom. The van der Waals surface area contributed by atoms with E-state index in [-0.39, 0.29) is 5.69 Å². The van der Waals surface area contributed by atoms with Crippen LogP contribution in [0.1, 0.15) is 21.7 Å². The van der Waals surface area contributed by atoms with Gasteiger partial charge in [-0.15, -0.1) is 0 Å². The Balaban J connectivity index is 2.29. The number of hydrogen-bond donors (Lipinski definition) is 2. The molecule has 0 aliphatic heterocycles. The fourth-order valence-electron chi connectivity index (χ4n) is 2.25. The quantitative estimate of drug-likeness (QED) is 0.761. The smallest absolute Gasteiger partial charge is 0.357 e. The first-order chi connectivity index (χ1) is 7.77. The zero-order chi connectivity index (χ0) is 11.1. The zero-order valence-corrected chi connectivity index (χ0v) is 8.53. The number of nitrogens with one attached hydrogen (secondary N) is 1. The van der Waals surface area contributed by atoms with E-state index in [4.69, 9.17) is 5.11 Å². The van der Waals surface area contributed by atoms with E-state index < -0.39 is 5.97 Å². The largest absolute Gasteiger partial charge is 0.476 e. The van der Waals surface area contributed by atoms with Crippen LogP contribution in [-0.4, -0.2) is 21.3 Å². The number of aromatic carboxylic acids is 1. The molecule has 1 aromatic carbocycles. The summed E-state index contributed by atoms with van der Waals surface area (Å²) >= 11 is 0. The number of aromatic nitrogens is 2. The summed E-state index contributed by atoms with van der Waals surface area (Å²) in [4.78, 5) is 11.1. The van der Waals surface area contributed by atoms with Crippen molar-refractivity contribution in [1.29, 1.82) is 0 Å². The lowest BCUT2D eigenvalue weighted by atomic mass is 9.88. The maximum absolute atomic E-state index is 11.1. The number of nitrogens with zero attached hydrogens (tertiary/aromatic N) is 1. The molecule has 2 N–H and O–H groups in total. The van der Waals surface area contributed by atoms with Gasteiger partial charge in [0.25, 0.3) is 0 Å². The normalized spacial score (nSPS) is 13.0. The van der Waals surface area contributed by atoms with Gasteiger partial charge in [0.15, 0.2) is 5.69 Å². The molecule has 0 radical (unpaired) electrons. The molecular formula is C12H10N2O2. The van der Waals surface area contributed by atoms with Crippen LogP contribution in [0.3, 0.4) is 0 Å². The first kappa shape index (κ1) is 9.15. The molecular weight excluding hydrogens is 204 g/mol. The SMILES string of the molecule is O=C(O)c1n[nH]c2c1-c1ccccc1CC2. The van der Waals surface area contributed by atoms with E-state index in [1.807, 2.05) is 24.3 Å². The Hall–Kier alpha value is -2.10. The zero-order valence-electron chi connectivity index (χ0n) is 8.53. The van der Waals surface area contributed by atoms with Crippen molar-refractivity contribution in [1.82, 2.24) is 10.2 Å². The Morgan fingerprint density at radius 1 is 1.31 bits per heavy atom. The van der Waals surface area contributed by atoms with E-state index in [0.717, 1.165) is 29.7 Å². The van der Waals surface area contributed by atoms with Crippen LogP contribution in [0.15, 0.2) is 24.3 Å². The maximum Gasteiger partial charge on any atom is 0.357 e. The lowest BCUT2D eigenvalue weighted by Crippen LogP contribution is -2.06. The van der Waals surface area contributed by atoms with E-state index in [1.165, 1.54) is 5.56 Å². The third-order valence-electron chi connectivity index (χ3n) is 2.97. The summed E-state index contributed by atoms with van der Waals surface area (Å²) in [6, 6.07) is 7.89. The molecule has 80 valence electrons. The molecule has 0 spiro atoms. The van der Waals surface area contributed by atoms with Crippen molar-refractivity contribution in [3.63, 3.8) is 0 Å². The highest BCUT2D eigenvalue weighted by atomic mass is 16.4. The van der Waals surface area contributed by atoms with E-state index >= 15 is 0 Å². The second kappa shape index (κ2) is 3.20. The van der Waals surface area contributed by atoms with Gasteiger partial charge in [-0.2, -0.15) is 5.10 Å². The Kier molecular flexibility index (Phi) is 1.83. The highest BCUT2D eigenvalue weighted by molar-refractivity contribution is 5.95. The van der Waals surface area contributed by atoms with Crippen LogP contribution < -0.4 is 0 Å². The van der Waals surface area contributed by atoms with Crippen LogP contribution in [0.25, 0.3) is 11.1 Å². The minimum absolute atomic E-state index is 0.127. The third-order valence-corrected chi connectivity index (χ3v) is 2.97. The highest BCUT2D eigenvalue weighted by Crippen LogP contribution is 2.34. The molecule has 0 amide bonds. The molecule has 0 fully saturated rings. The Labute approximate surface area is 91.9 Å². The van der Waals surface area contributed by atoms with E-state index in [0.29, 0.717) is 0 Å². The predicted molar refractivity (Wildman–Crippen MR) is 58.4 cm³/mol. The monoisotopic (exact) mass is 214 g/mol. The van der Waals surface area contributed by atoms with Crippen molar-refractivity contribution in [2.75, 3.05) is 0 Å². The van der Waals surface area contributed by atoms with Gasteiger partial charge in [-0.25, -0.2) is 4.79 Å². The number of aryl methyl sites for hydroxylation is 2. The lowest BCUT2D eigenvalue weighted by molar-refractivity contribution is 0.0691. The molecule has 1 aliphatic carbocycles. The van der Waals surface area contributed by atoms with Gasteiger partial charge in [-0.1, -0.05) is 24.3 Å². The average molecular weight is 214 g/mol. The Bertz CT molecular complexity index is 572. The molecule has 1 aliphatic rings. The van der Waals surface area contributed by atoms with E-state index in [1.54, 1.807) is 0 Å². The van der Waals surface area contributed by atoms with Crippen LogP contribution in [0, 0.1) is 0 Å². The van der Waals surface area contributed by atoms with Gasteiger partial charge in [-0.3, -0.25) is 5.10 Å².